The number of fused-ring (bicyclic) bond motifs is 1. The molecule has 0 aliphatic carbocycles. The summed E-state index contributed by atoms with van der Waals surface area (Å²) in [6.07, 6.45) is 4.36. The monoisotopic (exact) mass is 269 g/mol. The van der Waals surface area contributed by atoms with Gasteiger partial charge in [0.05, 0.1) is 0 Å². The molecule has 18 heavy (non-hydrogen) atoms. The number of carbonyl (C=O) groups is 1. The van der Waals surface area contributed by atoms with Crippen LogP contribution in [-0.2, 0) is 11.3 Å². The number of hydrogen-bond donors (Lipinski definition) is 2. The number of rotatable bonds is 2. The maximum Gasteiger partial charge on any atom is 0.328 e. The van der Waals surface area contributed by atoms with E-state index in [2.05, 4.69) is 22.2 Å². The van der Waals surface area contributed by atoms with Crippen LogP contribution < -0.4 is 5.32 Å². The average Bonchev–Trinajstić information content (AvgIpc) is 2.46. The van der Waals surface area contributed by atoms with Gasteiger partial charge >= 0.3 is 5.97 Å². The van der Waals surface area contributed by atoms with Gasteiger partial charge in [0.2, 0.25) is 0 Å². The van der Waals surface area contributed by atoms with Crippen LogP contribution in [0.1, 0.15) is 11.1 Å². The maximum absolute atomic E-state index is 10.4. The molecule has 6 heteroatoms. The molecule has 0 amide bonds. The highest BCUT2D eigenvalue weighted by molar-refractivity contribution is 5.85. The molecule has 0 aromatic carbocycles. The number of carboxylic acid groups (broad SMARTS) is 1. The van der Waals surface area contributed by atoms with E-state index in [1.807, 2.05) is 6.07 Å². The first kappa shape index (κ1) is 14.5. The van der Waals surface area contributed by atoms with Gasteiger partial charge in [0.25, 0.3) is 0 Å². The molecule has 2 heterocycles. The van der Waals surface area contributed by atoms with Crippen LogP contribution in [0.3, 0.4) is 0 Å². The Hall–Kier alpha value is -1.59. The van der Waals surface area contributed by atoms with Crippen molar-refractivity contribution in [3.8, 4) is 0 Å². The maximum atomic E-state index is 10.4. The Kier molecular flexibility index (Phi) is 5.12. The quantitative estimate of drug-likeness (QED) is 0.796. The third-order valence-electron chi connectivity index (χ3n) is 2.63. The van der Waals surface area contributed by atoms with Gasteiger partial charge in [-0.3, -0.25) is 0 Å². The van der Waals surface area contributed by atoms with E-state index in [1.165, 1.54) is 0 Å². The lowest BCUT2D eigenvalue weighted by Crippen LogP contribution is -2.20. The van der Waals surface area contributed by atoms with Crippen molar-refractivity contribution in [2.75, 3.05) is 25.5 Å². The van der Waals surface area contributed by atoms with E-state index in [1.54, 1.807) is 12.3 Å². The second-order valence-electron chi connectivity index (χ2n) is 4.11. The zero-order chi connectivity index (χ0) is 12.3. The molecule has 0 radical (unpaired) electrons. The van der Waals surface area contributed by atoms with Gasteiger partial charge in [0.15, 0.2) is 0 Å². The first-order valence-electron chi connectivity index (χ1n) is 5.47. The predicted octanol–water partition coefficient (Wildman–Crippen LogP) is 1.46. The summed E-state index contributed by atoms with van der Waals surface area (Å²) in [5.41, 5.74) is 1.90. The Morgan fingerprint density at radius 2 is 2.39 bits per heavy atom. The molecule has 1 aliphatic heterocycles. The van der Waals surface area contributed by atoms with Crippen molar-refractivity contribution in [2.24, 2.45) is 0 Å². The highest BCUT2D eigenvalue weighted by Crippen LogP contribution is 2.18. The van der Waals surface area contributed by atoms with Gasteiger partial charge < -0.3 is 15.3 Å². The molecular weight excluding hydrogens is 254 g/mol. The summed E-state index contributed by atoms with van der Waals surface area (Å²) in [5.74, 6) is -0.0583. The summed E-state index contributed by atoms with van der Waals surface area (Å²) in [4.78, 5) is 16.9. The zero-order valence-corrected chi connectivity index (χ0v) is 10.9. The van der Waals surface area contributed by atoms with Crippen LogP contribution in [-0.4, -0.2) is 41.1 Å². The van der Waals surface area contributed by atoms with E-state index < -0.39 is 5.97 Å². The second kappa shape index (κ2) is 6.37. The molecule has 2 N–H and O–H groups in total. The molecule has 1 aliphatic rings. The Morgan fingerprint density at radius 1 is 1.61 bits per heavy atom. The van der Waals surface area contributed by atoms with Gasteiger partial charge in [0, 0.05) is 37.5 Å². The van der Waals surface area contributed by atoms with Crippen molar-refractivity contribution >= 4 is 30.3 Å². The van der Waals surface area contributed by atoms with E-state index in [-0.39, 0.29) is 12.4 Å². The lowest BCUT2D eigenvalue weighted by Gasteiger charge is -2.12. The number of hydrogen-bond acceptors (Lipinski definition) is 4. The second-order valence-corrected chi connectivity index (χ2v) is 4.11. The summed E-state index contributed by atoms with van der Waals surface area (Å²) in [6, 6.07) is 1.97. The fourth-order valence-corrected chi connectivity index (χ4v) is 1.80. The van der Waals surface area contributed by atoms with Gasteiger partial charge in [0.1, 0.15) is 5.82 Å². The Labute approximate surface area is 112 Å². The molecule has 2 rings (SSSR count). The predicted molar refractivity (Wildman–Crippen MR) is 73.0 cm³/mol. The van der Waals surface area contributed by atoms with E-state index in [0.717, 1.165) is 42.7 Å². The van der Waals surface area contributed by atoms with E-state index in [0.29, 0.717) is 0 Å². The number of halogens is 1. The Morgan fingerprint density at radius 3 is 3.11 bits per heavy atom. The van der Waals surface area contributed by atoms with Crippen molar-refractivity contribution in [2.45, 2.75) is 6.54 Å². The number of nitrogens with one attached hydrogen (secondary N) is 1. The molecule has 0 saturated carbocycles. The molecule has 0 unspecified atom stereocenters. The average molecular weight is 270 g/mol. The molecule has 0 atom stereocenters. The number of likely N-dealkylation sites (N-methyl/N-ethyl adjacent to an activating group) is 1. The standard InChI is InChI=1S/C12H15N3O2.ClH/c1-15-5-4-13-12-10(8-15)6-9(7-14-12)2-3-11(16)17;/h2-3,6-7H,4-5,8H2,1H3,(H,13,14)(H,16,17);1H/b3-2+;. The van der Waals surface area contributed by atoms with Gasteiger partial charge in [-0.25, -0.2) is 9.78 Å². The van der Waals surface area contributed by atoms with Crippen LogP contribution in [0.15, 0.2) is 18.3 Å². The SMILES string of the molecule is CN1CCNc2ncc(/C=C/C(=O)O)cc2C1.Cl. The third-order valence-corrected chi connectivity index (χ3v) is 2.63. The van der Waals surface area contributed by atoms with Crippen LogP contribution in [0.4, 0.5) is 5.82 Å². The Bertz CT molecular complexity index is 463. The van der Waals surface area contributed by atoms with Crippen LogP contribution in [0.5, 0.6) is 0 Å². The summed E-state index contributed by atoms with van der Waals surface area (Å²) in [7, 11) is 2.05. The summed E-state index contributed by atoms with van der Waals surface area (Å²) in [6.45, 7) is 2.67. The lowest BCUT2D eigenvalue weighted by molar-refractivity contribution is -0.131. The smallest absolute Gasteiger partial charge is 0.328 e. The number of carboxylic acids is 1. The Balaban J connectivity index is 0.00000162. The van der Waals surface area contributed by atoms with Gasteiger partial charge in [-0.05, 0) is 24.8 Å². The van der Waals surface area contributed by atoms with Crippen LogP contribution in [0.2, 0.25) is 0 Å². The highest BCUT2D eigenvalue weighted by atomic mass is 35.5. The number of nitrogens with zero attached hydrogens (tertiary/aromatic N) is 2. The van der Waals surface area contributed by atoms with Gasteiger partial charge in [-0.15, -0.1) is 12.4 Å². The van der Waals surface area contributed by atoms with Crippen molar-refractivity contribution in [1.29, 1.82) is 0 Å². The molecule has 1 aromatic rings. The number of pyridine rings is 1. The van der Waals surface area contributed by atoms with Gasteiger partial charge in [-0.1, -0.05) is 0 Å². The van der Waals surface area contributed by atoms with E-state index in [4.69, 9.17) is 5.11 Å². The first-order valence-corrected chi connectivity index (χ1v) is 5.47. The topological polar surface area (TPSA) is 65.5 Å². The molecule has 0 saturated heterocycles. The number of aliphatic carboxylic acids is 1. The number of aromatic nitrogens is 1. The van der Waals surface area contributed by atoms with Crippen molar-refractivity contribution in [3.63, 3.8) is 0 Å². The summed E-state index contributed by atoms with van der Waals surface area (Å²) < 4.78 is 0. The van der Waals surface area contributed by atoms with Crippen LogP contribution >= 0.6 is 12.4 Å². The molecule has 1 aromatic heterocycles. The van der Waals surface area contributed by atoms with Crippen molar-refractivity contribution in [1.82, 2.24) is 9.88 Å². The van der Waals surface area contributed by atoms with E-state index >= 15 is 0 Å². The normalized spacial score (nSPS) is 15.4. The molecule has 98 valence electrons. The molecule has 0 spiro atoms. The van der Waals surface area contributed by atoms with Crippen LogP contribution in [0.25, 0.3) is 6.08 Å². The molecule has 5 nitrogen and oxygen atoms in total. The first-order chi connectivity index (χ1) is 8.15. The third kappa shape index (κ3) is 3.72. The fourth-order valence-electron chi connectivity index (χ4n) is 1.80. The minimum absolute atomic E-state index is 0. The minimum atomic E-state index is -0.949. The fraction of sp³-hybridized carbons (Fsp3) is 0.333. The minimum Gasteiger partial charge on any atom is -0.478 e. The van der Waals surface area contributed by atoms with Gasteiger partial charge in [-0.2, -0.15) is 0 Å². The molecule has 0 bridgehead atoms. The summed E-state index contributed by atoms with van der Waals surface area (Å²) in [5, 5.41) is 11.8. The van der Waals surface area contributed by atoms with Crippen molar-refractivity contribution in [3.05, 3.63) is 29.5 Å². The highest BCUT2D eigenvalue weighted by Gasteiger charge is 2.11. The largest absolute Gasteiger partial charge is 0.478 e. The molecule has 0 fully saturated rings. The lowest BCUT2D eigenvalue weighted by atomic mass is 10.1. The molecular formula is C12H16ClN3O2. The van der Waals surface area contributed by atoms with E-state index in [9.17, 15) is 4.79 Å². The zero-order valence-electron chi connectivity index (χ0n) is 10.1. The summed E-state index contributed by atoms with van der Waals surface area (Å²) >= 11 is 0. The van der Waals surface area contributed by atoms with Crippen molar-refractivity contribution < 1.29 is 9.90 Å². The number of anilines is 1. The van der Waals surface area contributed by atoms with Crippen LogP contribution in [0, 0.1) is 0 Å².